The molecule has 1 fully saturated rings. The van der Waals surface area contributed by atoms with Crippen molar-refractivity contribution in [2.24, 2.45) is 0 Å². The van der Waals surface area contributed by atoms with Gasteiger partial charge in [-0.05, 0) is 48.9 Å². The highest BCUT2D eigenvalue weighted by molar-refractivity contribution is 7.12. The van der Waals surface area contributed by atoms with Crippen LogP contribution in [0.25, 0.3) is 0 Å². The van der Waals surface area contributed by atoms with Crippen LogP contribution in [0.15, 0.2) is 34.3 Å². The van der Waals surface area contributed by atoms with Gasteiger partial charge in [-0.2, -0.15) is 0 Å². The molecule has 2 unspecified atom stereocenters. The molecule has 1 aliphatic heterocycles. The van der Waals surface area contributed by atoms with E-state index in [4.69, 9.17) is 4.42 Å². The van der Waals surface area contributed by atoms with Crippen LogP contribution >= 0.6 is 11.3 Å². The smallest absolute Gasteiger partial charge is 0.264 e. The number of rotatable bonds is 4. The van der Waals surface area contributed by atoms with E-state index in [1.54, 1.807) is 18.4 Å². The summed E-state index contributed by atoms with van der Waals surface area (Å²) in [5.74, 6) is 0.665. The van der Waals surface area contributed by atoms with Gasteiger partial charge in [-0.3, -0.25) is 4.79 Å². The average molecular weight is 305 g/mol. The normalized spacial score (nSPS) is 19.9. The number of amides is 1. The first-order valence-corrected chi connectivity index (χ1v) is 8.11. The Hall–Kier alpha value is -1.59. The highest BCUT2D eigenvalue weighted by Gasteiger charge is 2.32. The van der Waals surface area contributed by atoms with Gasteiger partial charge >= 0.3 is 0 Å². The van der Waals surface area contributed by atoms with Crippen LogP contribution in [-0.2, 0) is 0 Å². The van der Waals surface area contributed by atoms with Crippen molar-refractivity contribution in [1.82, 2.24) is 4.90 Å². The van der Waals surface area contributed by atoms with Crippen molar-refractivity contribution < 1.29 is 14.3 Å². The molecule has 2 aromatic heterocycles. The van der Waals surface area contributed by atoms with E-state index in [1.807, 2.05) is 23.3 Å². The van der Waals surface area contributed by atoms with Gasteiger partial charge in [0.05, 0.1) is 11.1 Å². The van der Waals surface area contributed by atoms with Crippen LogP contribution in [0.1, 0.15) is 46.4 Å². The minimum Gasteiger partial charge on any atom is -0.467 e. The lowest BCUT2D eigenvalue weighted by molar-refractivity contribution is 0.0645. The van der Waals surface area contributed by atoms with E-state index in [9.17, 15) is 9.90 Å². The summed E-state index contributed by atoms with van der Waals surface area (Å²) >= 11 is 1.49. The number of aliphatic hydroxyl groups excluding tert-OH is 1. The third-order valence-electron chi connectivity index (χ3n) is 4.06. The Kier molecular flexibility index (Phi) is 4.12. The molecule has 0 bridgehead atoms. The zero-order valence-electron chi connectivity index (χ0n) is 12.0. The zero-order valence-corrected chi connectivity index (χ0v) is 12.8. The van der Waals surface area contributed by atoms with E-state index in [2.05, 4.69) is 0 Å². The predicted molar refractivity (Wildman–Crippen MR) is 81.4 cm³/mol. The SMILES string of the molecule is Cc1ccsc1C(=O)N1CCCC1CC(O)c1ccco1. The Morgan fingerprint density at radius 1 is 1.57 bits per heavy atom. The maximum Gasteiger partial charge on any atom is 0.264 e. The van der Waals surface area contributed by atoms with Crippen LogP contribution in [0.2, 0.25) is 0 Å². The summed E-state index contributed by atoms with van der Waals surface area (Å²) in [4.78, 5) is 15.4. The molecule has 0 saturated carbocycles. The fourth-order valence-electron chi connectivity index (χ4n) is 2.93. The maximum atomic E-state index is 12.6. The molecule has 0 aliphatic carbocycles. The molecule has 3 rings (SSSR count). The summed E-state index contributed by atoms with van der Waals surface area (Å²) in [5, 5.41) is 12.2. The summed E-state index contributed by atoms with van der Waals surface area (Å²) in [5.41, 5.74) is 1.03. The molecule has 4 nitrogen and oxygen atoms in total. The minimum atomic E-state index is -0.650. The van der Waals surface area contributed by atoms with Crippen LogP contribution in [0.3, 0.4) is 0 Å². The Bertz CT molecular complexity index is 605. The molecule has 3 heterocycles. The van der Waals surface area contributed by atoms with E-state index < -0.39 is 6.10 Å². The summed E-state index contributed by atoms with van der Waals surface area (Å²) < 4.78 is 5.24. The van der Waals surface area contributed by atoms with E-state index in [1.165, 1.54) is 11.3 Å². The molecular weight excluding hydrogens is 286 g/mol. The Morgan fingerprint density at radius 3 is 3.10 bits per heavy atom. The highest BCUT2D eigenvalue weighted by atomic mass is 32.1. The number of aryl methyl sites for hydroxylation is 1. The standard InChI is InChI=1S/C16H19NO3S/c1-11-6-9-21-15(11)16(19)17-7-2-4-12(17)10-13(18)14-5-3-8-20-14/h3,5-6,8-9,12-13,18H,2,4,7,10H2,1H3. The Balaban J connectivity index is 1.71. The average Bonchev–Trinajstić information content (AvgIpc) is 3.19. The number of thiophene rings is 1. The number of carbonyl (C=O) groups is 1. The second-order valence-corrected chi connectivity index (χ2v) is 6.41. The second-order valence-electron chi connectivity index (χ2n) is 5.49. The van der Waals surface area contributed by atoms with Crippen LogP contribution in [0.5, 0.6) is 0 Å². The first-order valence-electron chi connectivity index (χ1n) is 7.23. The molecule has 0 spiro atoms. The van der Waals surface area contributed by atoms with Gasteiger partial charge in [-0.15, -0.1) is 11.3 Å². The molecule has 1 aliphatic rings. The minimum absolute atomic E-state index is 0.0825. The fraction of sp³-hybridized carbons (Fsp3) is 0.438. The van der Waals surface area contributed by atoms with Gasteiger partial charge in [-0.1, -0.05) is 0 Å². The van der Waals surface area contributed by atoms with Crippen LogP contribution in [0, 0.1) is 6.92 Å². The van der Waals surface area contributed by atoms with E-state index in [0.29, 0.717) is 12.2 Å². The molecule has 5 heteroatoms. The van der Waals surface area contributed by atoms with Gasteiger partial charge in [0.15, 0.2) is 0 Å². The third-order valence-corrected chi connectivity index (χ3v) is 5.07. The summed E-state index contributed by atoms with van der Waals surface area (Å²) in [6, 6.07) is 5.60. The monoisotopic (exact) mass is 305 g/mol. The number of hydrogen-bond donors (Lipinski definition) is 1. The molecule has 2 atom stereocenters. The van der Waals surface area contributed by atoms with Gasteiger partial charge in [0.2, 0.25) is 0 Å². The van der Waals surface area contributed by atoms with Crippen molar-refractivity contribution in [2.75, 3.05) is 6.54 Å². The number of aliphatic hydroxyl groups is 1. The number of furan rings is 1. The molecule has 21 heavy (non-hydrogen) atoms. The van der Waals surface area contributed by atoms with E-state index in [-0.39, 0.29) is 11.9 Å². The largest absolute Gasteiger partial charge is 0.467 e. The van der Waals surface area contributed by atoms with Gasteiger partial charge in [-0.25, -0.2) is 0 Å². The summed E-state index contributed by atoms with van der Waals surface area (Å²) in [7, 11) is 0. The van der Waals surface area contributed by atoms with Crippen molar-refractivity contribution >= 4 is 17.2 Å². The van der Waals surface area contributed by atoms with Crippen molar-refractivity contribution in [3.8, 4) is 0 Å². The van der Waals surface area contributed by atoms with Gasteiger partial charge in [0.1, 0.15) is 11.9 Å². The molecule has 0 aromatic carbocycles. The molecule has 1 N–H and O–H groups in total. The summed E-state index contributed by atoms with van der Waals surface area (Å²) in [6.45, 7) is 2.73. The number of carbonyl (C=O) groups excluding carboxylic acids is 1. The molecule has 112 valence electrons. The van der Waals surface area contributed by atoms with Crippen molar-refractivity contribution in [1.29, 1.82) is 0 Å². The summed E-state index contributed by atoms with van der Waals surface area (Å²) in [6.07, 6.45) is 3.37. The van der Waals surface area contributed by atoms with Gasteiger partial charge in [0.25, 0.3) is 5.91 Å². The predicted octanol–water partition coefficient (Wildman–Crippen LogP) is 3.38. The lowest BCUT2D eigenvalue weighted by Gasteiger charge is -2.26. The van der Waals surface area contributed by atoms with Crippen molar-refractivity contribution in [3.63, 3.8) is 0 Å². The van der Waals surface area contributed by atoms with Crippen LogP contribution < -0.4 is 0 Å². The Labute approximate surface area is 128 Å². The first-order chi connectivity index (χ1) is 10.2. The van der Waals surface area contributed by atoms with E-state index in [0.717, 1.165) is 29.8 Å². The van der Waals surface area contributed by atoms with Crippen molar-refractivity contribution in [3.05, 3.63) is 46.0 Å². The lowest BCUT2D eigenvalue weighted by Crippen LogP contribution is -2.36. The number of hydrogen-bond acceptors (Lipinski definition) is 4. The van der Waals surface area contributed by atoms with Crippen molar-refractivity contribution in [2.45, 2.75) is 38.3 Å². The maximum absolute atomic E-state index is 12.6. The van der Waals surface area contributed by atoms with Crippen LogP contribution in [0.4, 0.5) is 0 Å². The molecular formula is C16H19NO3S. The zero-order chi connectivity index (χ0) is 14.8. The second kappa shape index (κ2) is 6.03. The third kappa shape index (κ3) is 2.89. The Morgan fingerprint density at radius 2 is 2.43 bits per heavy atom. The lowest BCUT2D eigenvalue weighted by atomic mass is 10.0. The highest BCUT2D eigenvalue weighted by Crippen LogP contribution is 2.30. The molecule has 1 amide bonds. The molecule has 1 saturated heterocycles. The topological polar surface area (TPSA) is 53.7 Å². The number of nitrogens with zero attached hydrogens (tertiary/aromatic N) is 1. The van der Waals surface area contributed by atoms with Gasteiger partial charge < -0.3 is 14.4 Å². The molecule has 0 radical (unpaired) electrons. The fourth-order valence-corrected chi connectivity index (χ4v) is 3.81. The number of likely N-dealkylation sites (tertiary alicyclic amines) is 1. The van der Waals surface area contributed by atoms with Gasteiger partial charge in [0, 0.05) is 19.0 Å². The first kappa shape index (κ1) is 14.4. The molecule has 2 aromatic rings. The van der Waals surface area contributed by atoms with Crippen LogP contribution in [-0.4, -0.2) is 28.5 Å². The van der Waals surface area contributed by atoms with E-state index >= 15 is 0 Å². The quantitative estimate of drug-likeness (QED) is 0.942.